The molecule has 3 rings (SSSR count). The van der Waals surface area contributed by atoms with Gasteiger partial charge >= 0.3 is 11.9 Å². The zero-order chi connectivity index (χ0) is 17.8. The molecule has 0 bridgehead atoms. The Morgan fingerprint density at radius 2 is 1.83 bits per heavy atom. The fourth-order valence-corrected chi connectivity index (χ4v) is 3.37. The third-order valence-corrected chi connectivity index (χ3v) is 4.37. The average Bonchev–Trinajstić information content (AvgIpc) is 2.68. The summed E-state index contributed by atoms with van der Waals surface area (Å²) in [6.07, 6.45) is 0. The van der Waals surface area contributed by atoms with Gasteiger partial charge in [-0.3, -0.25) is 4.74 Å². The maximum Gasteiger partial charge on any atom is 0.359 e. The number of esters is 1. The van der Waals surface area contributed by atoms with Gasteiger partial charge in [0, 0.05) is 14.0 Å². The third-order valence-electron chi connectivity index (χ3n) is 4.37. The van der Waals surface area contributed by atoms with Gasteiger partial charge in [0.05, 0.1) is 0 Å². The van der Waals surface area contributed by atoms with Crippen molar-refractivity contribution in [2.45, 2.75) is 57.3 Å². The molecule has 1 fully saturated rings. The van der Waals surface area contributed by atoms with E-state index >= 15 is 0 Å². The molecule has 6 nitrogen and oxygen atoms in total. The van der Waals surface area contributed by atoms with Gasteiger partial charge in [0.25, 0.3) is 0 Å². The average molecular weight is 333 g/mol. The van der Waals surface area contributed by atoms with Crippen molar-refractivity contribution < 1.29 is 23.7 Å². The summed E-state index contributed by atoms with van der Waals surface area (Å²) in [7, 11) is 1.47. The molecule has 1 saturated heterocycles. The minimum atomic E-state index is -1.44. The van der Waals surface area contributed by atoms with E-state index in [0.29, 0.717) is 11.5 Å². The number of aliphatic imine (C=N–C) groups is 1. The lowest BCUT2D eigenvalue weighted by atomic mass is 9.69. The van der Waals surface area contributed by atoms with Gasteiger partial charge in [0.2, 0.25) is 5.60 Å². The number of methoxy groups -OCH3 is 1. The van der Waals surface area contributed by atoms with Crippen molar-refractivity contribution in [3.63, 3.8) is 0 Å². The second-order valence-corrected chi connectivity index (χ2v) is 7.22. The molecule has 0 aliphatic carbocycles. The monoisotopic (exact) mass is 333 g/mol. The SMILES string of the molecule is CO[C@]12OC(C)=N[C@@]1(C)[C@@](C(=O)OC(C)(C)C)(c1ccccc1)O2. The summed E-state index contributed by atoms with van der Waals surface area (Å²) in [6.45, 7) is 8.93. The second kappa shape index (κ2) is 5.04. The van der Waals surface area contributed by atoms with Crippen LogP contribution in [0.5, 0.6) is 0 Å². The number of fused-ring (bicyclic) bond motifs is 1. The first-order chi connectivity index (χ1) is 11.1. The van der Waals surface area contributed by atoms with E-state index in [2.05, 4.69) is 4.99 Å². The van der Waals surface area contributed by atoms with Crippen LogP contribution in [-0.2, 0) is 29.3 Å². The van der Waals surface area contributed by atoms with Gasteiger partial charge < -0.3 is 14.2 Å². The lowest BCUT2D eigenvalue weighted by Crippen LogP contribution is -2.80. The highest BCUT2D eigenvalue weighted by Crippen LogP contribution is 2.62. The molecule has 3 atom stereocenters. The molecule has 2 heterocycles. The van der Waals surface area contributed by atoms with Crippen LogP contribution in [0, 0.1) is 0 Å². The molecule has 0 aromatic heterocycles. The number of carbonyl (C=O) groups is 1. The fraction of sp³-hybridized carbons (Fsp3) is 0.556. The van der Waals surface area contributed by atoms with Crippen molar-refractivity contribution in [1.29, 1.82) is 0 Å². The number of benzene rings is 1. The van der Waals surface area contributed by atoms with Crippen LogP contribution in [-0.4, -0.2) is 36.1 Å². The van der Waals surface area contributed by atoms with Gasteiger partial charge in [-0.2, -0.15) is 0 Å². The number of carbonyl (C=O) groups excluding carboxylic acids is 1. The molecular formula is C18H23NO5. The third kappa shape index (κ3) is 2.03. The van der Waals surface area contributed by atoms with Crippen LogP contribution in [0.25, 0.3) is 0 Å². The molecule has 0 amide bonds. The maximum atomic E-state index is 13.1. The second-order valence-electron chi connectivity index (χ2n) is 7.22. The standard InChI is InChI=1S/C18H23NO5/c1-12-19-16(5)17(13-10-8-7-9-11-13,14(20)23-15(2,3)4)24-18(16,21-6)22-12/h7-11H,1-6H3/t16-,17-,18-/m0/s1. The van der Waals surface area contributed by atoms with Gasteiger partial charge in [-0.25, -0.2) is 9.79 Å². The van der Waals surface area contributed by atoms with Gasteiger partial charge in [0.1, 0.15) is 5.60 Å². The molecule has 0 unspecified atom stereocenters. The van der Waals surface area contributed by atoms with Crippen LogP contribution < -0.4 is 0 Å². The molecule has 24 heavy (non-hydrogen) atoms. The topological polar surface area (TPSA) is 66.4 Å². The fourth-order valence-electron chi connectivity index (χ4n) is 3.37. The summed E-state index contributed by atoms with van der Waals surface area (Å²) in [5.74, 6) is -1.54. The lowest BCUT2D eigenvalue weighted by molar-refractivity contribution is -0.488. The smallest absolute Gasteiger partial charge is 0.359 e. The minimum Gasteiger partial charge on any atom is -0.457 e. The molecule has 1 aromatic rings. The van der Waals surface area contributed by atoms with E-state index in [1.807, 2.05) is 51.1 Å². The van der Waals surface area contributed by atoms with Crippen LogP contribution in [0.4, 0.5) is 0 Å². The summed E-state index contributed by atoms with van der Waals surface area (Å²) in [5.41, 5.74) is -2.54. The Hall–Kier alpha value is -1.92. The van der Waals surface area contributed by atoms with E-state index in [0.717, 1.165) is 0 Å². The zero-order valence-electron chi connectivity index (χ0n) is 14.9. The molecule has 2 aliphatic heterocycles. The Labute approximate surface area is 141 Å². The molecule has 6 heteroatoms. The van der Waals surface area contributed by atoms with Gasteiger partial charge in [0.15, 0.2) is 11.4 Å². The number of ether oxygens (including phenoxy) is 4. The first-order valence-electron chi connectivity index (χ1n) is 7.90. The first kappa shape index (κ1) is 16.9. The van der Waals surface area contributed by atoms with Crippen molar-refractivity contribution in [2.24, 2.45) is 4.99 Å². The summed E-state index contributed by atoms with van der Waals surface area (Å²) in [4.78, 5) is 17.7. The maximum absolute atomic E-state index is 13.1. The largest absolute Gasteiger partial charge is 0.457 e. The van der Waals surface area contributed by atoms with Crippen molar-refractivity contribution >= 4 is 11.9 Å². The van der Waals surface area contributed by atoms with E-state index in [1.54, 1.807) is 13.8 Å². The molecular weight excluding hydrogens is 310 g/mol. The highest BCUT2D eigenvalue weighted by Gasteiger charge is 2.85. The molecule has 1 aromatic carbocycles. The predicted molar refractivity (Wildman–Crippen MR) is 87.4 cm³/mol. The molecule has 130 valence electrons. The predicted octanol–water partition coefficient (Wildman–Crippen LogP) is 2.76. The summed E-state index contributed by atoms with van der Waals surface area (Å²) in [5, 5.41) is 0. The number of hydrogen-bond donors (Lipinski definition) is 0. The van der Waals surface area contributed by atoms with Crippen molar-refractivity contribution in [3.8, 4) is 0 Å². The van der Waals surface area contributed by atoms with Crippen LogP contribution in [0.3, 0.4) is 0 Å². The molecule has 0 N–H and O–H groups in total. The van der Waals surface area contributed by atoms with E-state index in [4.69, 9.17) is 18.9 Å². The van der Waals surface area contributed by atoms with Gasteiger partial charge in [-0.1, -0.05) is 30.3 Å². The Balaban J connectivity index is 2.15. The zero-order valence-corrected chi connectivity index (χ0v) is 14.9. The summed E-state index contributed by atoms with van der Waals surface area (Å²) < 4.78 is 22.8. The molecule has 0 saturated carbocycles. The van der Waals surface area contributed by atoms with Gasteiger partial charge in [-0.15, -0.1) is 0 Å². The van der Waals surface area contributed by atoms with Crippen LogP contribution in [0.1, 0.15) is 40.2 Å². The highest BCUT2D eigenvalue weighted by molar-refractivity contribution is 5.88. The number of hydrogen-bond acceptors (Lipinski definition) is 6. The molecule has 2 aliphatic rings. The highest BCUT2D eigenvalue weighted by atomic mass is 16.9. The van der Waals surface area contributed by atoms with Crippen LogP contribution in [0.15, 0.2) is 35.3 Å². The van der Waals surface area contributed by atoms with E-state index in [1.165, 1.54) is 7.11 Å². The van der Waals surface area contributed by atoms with Crippen LogP contribution >= 0.6 is 0 Å². The number of rotatable bonds is 3. The summed E-state index contributed by atoms with van der Waals surface area (Å²) >= 11 is 0. The quantitative estimate of drug-likeness (QED) is 0.796. The lowest BCUT2D eigenvalue weighted by Gasteiger charge is -2.59. The van der Waals surface area contributed by atoms with Crippen molar-refractivity contribution in [2.75, 3.05) is 7.11 Å². The molecule has 0 radical (unpaired) electrons. The first-order valence-corrected chi connectivity index (χ1v) is 7.90. The van der Waals surface area contributed by atoms with Crippen molar-refractivity contribution in [1.82, 2.24) is 0 Å². The van der Waals surface area contributed by atoms with E-state index < -0.39 is 28.7 Å². The van der Waals surface area contributed by atoms with Crippen LogP contribution in [0.2, 0.25) is 0 Å². The normalized spacial score (nSPS) is 34.7. The minimum absolute atomic E-state index is 0.403. The van der Waals surface area contributed by atoms with E-state index in [9.17, 15) is 4.79 Å². The molecule has 0 spiro atoms. The Morgan fingerprint density at radius 3 is 2.38 bits per heavy atom. The summed E-state index contributed by atoms with van der Waals surface area (Å²) in [6, 6.07) is 9.19. The van der Waals surface area contributed by atoms with Gasteiger partial charge in [-0.05, 0) is 33.3 Å². The Kier molecular flexibility index (Phi) is 3.55. The number of nitrogens with zero attached hydrogens (tertiary/aromatic N) is 1. The Bertz CT molecular complexity index is 695. The van der Waals surface area contributed by atoms with Crippen molar-refractivity contribution in [3.05, 3.63) is 35.9 Å². The van der Waals surface area contributed by atoms with E-state index in [-0.39, 0.29) is 0 Å². The Morgan fingerprint density at radius 1 is 1.21 bits per heavy atom.